The summed E-state index contributed by atoms with van der Waals surface area (Å²) in [5.74, 6) is 1.33. The molecule has 0 aliphatic carbocycles. The predicted molar refractivity (Wildman–Crippen MR) is 89.0 cm³/mol. The third kappa shape index (κ3) is 2.61. The van der Waals surface area contributed by atoms with Gasteiger partial charge in [0.25, 0.3) is 0 Å². The van der Waals surface area contributed by atoms with Crippen LogP contribution in [0.4, 0.5) is 17.1 Å². The number of fused-ring (bicyclic) bond motifs is 1. The van der Waals surface area contributed by atoms with E-state index in [1.807, 2.05) is 42.5 Å². The average Bonchev–Trinajstić information content (AvgIpc) is 2.56. The lowest BCUT2D eigenvalue weighted by atomic mass is 10.1. The first kappa shape index (κ1) is 14.0. The van der Waals surface area contributed by atoms with Crippen LogP contribution >= 0.6 is 0 Å². The van der Waals surface area contributed by atoms with Crippen LogP contribution in [0.5, 0.6) is 11.5 Å². The molecule has 3 aromatic rings. The lowest BCUT2D eigenvalue weighted by Gasteiger charge is -2.13. The Morgan fingerprint density at radius 3 is 2.32 bits per heavy atom. The topological polar surface area (TPSA) is 69.4 Å². The van der Waals surface area contributed by atoms with Gasteiger partial charge in [-0.15, -0.1) is 0 Å². The van der Waals surface area contributed by atoms with Gasteiger partial charge in [0.15, 0.2) is 11.5 Å². The number of nitrogens with zero attached hydrogens (tertiary/aromatic N) is 1. The van der Waals surface area contributed by atoms with E-state index in [0.29, 0.717) is 11.5 Å². The van der Waals surface area contributed by atoms with Crippen molar-refractivity contribution in [2.75, 3.05) is 25.3 Å². The van der Waals surface area contributed by atoms with Crippen LogP contribution in [0.3, 0.4) is 0 Å². The molecule has 0 bridgehead atoms. The number of hydrogen-bond acceptors (Lipinski definition) is 5. The minimum absolute atomic E-state index is 0.659. The van der Waals surface area contributed by atoms with E-state index < -0.39 is 0 Å². The van der Waals surface area contributed by atoms with Crippen molar-refractivity contribution in [2.24, 2.45) is 0 Å². The number of nitrogen functional groups attached to an aromatic ring is 1. The number of anilines is 3. The van der Waals surface area contributed by atoms with Gasteiger partial charge in [-0.3, -0.25) is 4.98 Å². The van der Waals surface area contributed by atoms with E-state index in [1.165, 1.54) is 0 Å². The number of aromatic nitrogens is 1. The Bertz CT molecular complexity index is 801. The number of rotatable bonds is 4. The minimum Gasteiger partial charge on any atom is -0.493 e. The molecule has 2 aromatic carbocycles. The molecule has 0 amide bonds. The van der Waals surface area contributed by atoms with Crippen LogP contribution in [0, 0.1) is 0 Å². The SMILES string of the molecule is COc1cc2nccc(Nc3ccc(N)cc3)c2cc1OC. The van der Waals surface area contributed by atoms with E-state index in [9.17, 15) is 0 Å². The Kier molecular flexibility index (Phi) is 3.70. The largest absolute Gasteiger partial charge is 0.493 e. The molecule has 22 heavy (non-hydrogen) atoms. The molecule has 1 aromatic heterocycles. The van der Waals surface area contributed by atoms with E-state index in [1.54, 1.807) is 20.4 Å². The normalized spacial score (nSPS) is 10.5. The van der Waals surface area contributed by atoms with Gasteiger partial charge in [0.2, 0.25) is 0 Å². The highest BCUT2D eigenvalue weighted by atomic mass is 16.5. The summed E-state index contributed by atoms with van der Waals surface area (Å²) in [6, 6.07) is 13.3. The monoisotopic (exact) mass is 295 g/mol. The second-order valence-electron chi connectivity index (χ2n) is 4.83. The van der Waals surface area contributed by atoms with Crippen LogP contribution in [0.25, 0.3) is 10.9 Å². The zero-order chi connectivity index (χ0) is 15.5. The molecule has 0 spiro atoms. The Morgan fingerprint density at radius 1 is 0.955 bits per heavy atom. The average molecular weight is 295 g/mol. The van der Waals surface area contributed by atoms with Gasteiger partial charge in [-0.2, -0.15) is 0 Å². The number of nitrogens with two attached hydrogens (primary N) is 1. The zero-order valence-electron chi connectivity index (χ0n) is 12.5. The fraction of sp³-hybridized carbons (Fsp3) is 0.118. The van der Waals surface area contributed by atoms with Crippen LogP contribution in [0.1, 0.15) is 0 Å². The van der Waals surface area contributed by atoms with E-state index in [-0.39, 0.29) is 0 Å². The smallest absolute Gasteiger partial charge is 0.162 e. The lowest BCUT2D eigenvalue weighted by molar-refractivity contribution is 0.356. The highest BCUT2D eigenvalue weighted by Crippen LogP contribution is 2.35. The van der Waals surface area contributed by atoms with Crippen molar-refractivity contribution in [2.45, 2.75) is 0 Å². The molecule has 0 atom stereocenters. The van der Waals surface area contributed by atoms with Crippen LogP contribution in [-0.2, 0) is 0 Å². The van der Waals surface area contributed by atoms with Gasteiger partial charge >= 0.3 is 0 Å². The number of hydrogen-bond donors (Lipinski definition) is 2. The van der Waals surface area contributed by atoms with Gasteiger partial charge in [0.1, 0.15) is 0 Å². The highest BCUT2D eigenvalue weighted by molar-refractivity contribution is 5.95. The highest BCUT2D eigenvalue weighted by Gasteiger charge is 2.10. The van der Waals surface area contributed by atoms with Crippen molar-refractivity contribution in [3.63, 3.8) is 0 Å². The van der Waals surface area contributed by atoms with Gasteiger partial charge in [0.05, 0.1) is 19.7 Å². The molecule has 112 valence electrons. The van der Waals surface area contributed by atoms with Crippen molar-refractivity contribution in [1.29, 1.82) is 0 Å². The minimum atomic E-state index is 0.659. The molecule has 3 N–H and O–H groups in total. The molecule has 0 aliphatic rings. The van der Waals surface area contributed by atoms with Gasteiger partial charge in [-0.1, -0.05) is 0 Å². The van der Waals surface area contributed by atoms with Crippen molar-refractivity contribution < 1.29 is 9.47 Å². The second-order valence-corrected chi connectivity index (χ2v) is 4.83. The van der Waals surface area contributed by atoms with Gasteiger partial charge < -0.3 is 20.5 Å². The molecule has 3 rings (SSSR count). The van der Waals surface area contributed by atoms with Crippen molar-refractivity contribution in [3.8, 4) is 11.5 Å². The number of ether oxygens (including phenoxy) is 2. The molecule has 0 radical (unpaired) electrons. The van der Waals surface area contributed by atoms with Crippen LogP contribution in [-0.4, -0.2) is 19.2 Å². The van der Waals surface area contributed by atoms with E-state index in [2.05, 4.69) is 10.3 Å². The van der Waals surface area contributed by atoms with Gasteiger partial charge in [0, 0.05) is 34.7 Å². The first-order valence-corrected chi connectivity index (χ1v) is 6.84. The van der Waals surface area contributed by atoms with Gasteiger partial charge in [-0.05, 0) is 36.4 Å². The molecular formula is C17H17N3O2. The molecule has 0 saturated carbocycles. The summed E-state index contributed by atoms with van der Waals surface area (Å²) >= 11 is 0. The Morgan fingerprint density at radius 2 is 1.64 bits per heavy atom. The molecular weight excluding hydrogens is 278 g/mol. The molecule has 5 nitrogen and oxygen atoms in total. The van der Waals surface area contributed by atoms with Crippen LogP contribution in [0.15, 0.2) is 48.7 Å². The summed E-state index contributed by atoms with van der Waals surface area (Å²) in [5.41, 5.74) is 9.17. The summed E-state index contributed by atoms with van der Waals surface area (Å²) in [6.45, 7) is 0. The van der Waals surface area contributed by atoms with Crippen LogP contribution < -0.4 is 20.5 Å². The summed E-state index contributed by atoms with van der Waals surface area (Å²) in [5, 5.41) is 4.33. The van der Waals surface area contributed by atoms with Crippen LogP contribution in [0.2, 0.25) is 0 Å². The summed E-state index contributed by atoms with van der Waals surface area (Å²) in [7, 11) is 3.23. The third-order valence-electron chi connectivity index (χ3n) is 3.44. The Labute approximate surface area is 128 Å². The maximum Gasteiger partial charge on any atom is 0.162 e. The van der Waals surface area contributed by atoms with E-state index in [4.69, 9.17) is 15.2 Å². The third-order valence-corrected chi connectivity index (χ3v) is 3.44. The summed E-state index contributed by atoms with van der Waals surface area (Å²) in [6.07, 6.45) is 1.76. The second kappa shape index (κ2) is 5.81. The maximum atomic E-state index is 5.71. The first-order chi connectivity index (χ1) is 10.7. The number of benzene rings is 2. The molecule has 0 unspecified atom stereocenters. The first-order valence-electron chi connectivity index (χ1n) is 6.84. The standard InChI is InChI=1S/C17H17N3O2/c1-21-16-9-13-14(20-12-5-3-11(18)4-6-12)7-8-19-15(13)10-17(16)22-2/h3-10H,18H2,1-2H3,(H,19,20). The van der Waals surface area contributed by atoms with Crippen molar-refractivity contribution in [3.05, 3.63) is 48.7 Å². The summed E-state index contributed by atoms with van der Waals surface area (Å²) in [4.78, 5) is 4.39. The van der Waals surface area contributed by atoms with Crippen molar-refractivity contribution in [1.82, 2.24) is 4.98 Å². The number of methoxy groups -OCH3 is 2. The Balaban J connectivity index is 2.07. The number of nitrogens with one attached hydrogen (secondary N) is 1. The number of pyridine rings is 1. The fourth-order valence-electron chi connectivity index (χ4n) is 2.30. The van der Waals surface area contributed by atoms with E-state index >= 15 is 0 Å². The van der Waals surface area contributed by atoms with Crippen molar-refractivity contribution >= 4 is 28.0 Å². The zero-order valence-corrected chi connectivity index (χ0v) is 12.5. The molecule has 5 heteroatoms. The molecule has 1 heterocycles. The van der Waals surface area contributed by atoms with E-state index in [0.717, 1.165) is 28.0 Å². The molecule has 0 fully saturated rings. The Hall–Kier alpha value is -2.95. The van der Waals surface area contributed by atoms with Gasteiger partial charge in [-0.25, -0.2) is 0 Å². The summed E-state index contributed by atoms with van der Waals surface area (Å²) < 4.78 is 10.7. The predicted octanol–water partition coefficient (Wildman–Crippen LogP) is 3.58. The molecule has 0 aliphatic heterocycles. The lowest BCUT2D eigenvalue weighted by Crippen LogP contribution is -1.95. The maximum absolute atomic E-state index is 5.71. The quantitative estimate of drug-likeness (QED) is 0.720. The fourth-order valence-corrected chi connectivity index (χ4v) is 2.30. The molecule has 0 saturated heterocycles.